The molecule has 0 aromatic heterocycles. The Morgan fingerprint density at radius 1 is 0.947 bits per heavy atom. The van der Waals surface area contributed by atoms with Crippen LogP contribution in [0.25, 0.3) is 0 Å². The maximum atomic E-state index is 10.1. The zero-order valence-electron chi connectivity index (χ0n) is 9.59. The molecule has 0 radical (unpaired) electrons. The van der Waals surface area contributed by atoms with Gasteiger partial charge in [0.2, 0.25) is 0 Å². The van der Waals surface area contributed by atoms with Crippen LogP contribution in [0, 0.1) is 10.1 Å². The molecule has 0 heterocycles. The molecular weight excluding hydrogens is 291 g/mol. The molecule has 100 valence electrons. The van der Waals surface area contributed by atoms with Gasteiger partial charge in [0.15, 0.2) is 0 Å². The van der Waals surface area contributed by atoms with Crippen LogP contribution in [-0.2, 0) is 0 Å². The van der Waals surface area contributed by atoms with Crippen LogP contribution in [0.15, 0.2) is 48.5 Å². The molecule has 0 atom stereocenters. The topological polar surface area (TPSA) is 75.4 Å². The minimum Gasteiger partial charge on any atom is -0.291 e. The molecule has 0 fully saturated rings. The van der Waals surface area contributed by atoms with E-state index in [1.165, 1.54) is 24.3 Å². The number of nitro benzene ring substituents is 1. The summed E-state index contributed by atoms with van der Waals surface area (Å²) in [5.74, 6) is 0. The summed E-state index contributed by atoms with van der Waals surface area (Å²) in [5.41, 5.74) is 2.69. The average molecular weight is 301 g/mol. The maximum Gasteiger partial charge on any atom is 0.269 e. The second kappa shape index (κ2) is 7.58. The number of anilines is 1. The molecular formula is C12H10Cl2N2O3. The van der Waals surface area contributed by atoms with Gasteiger partial charge in [-0.3, -0.25) is 20.8 Å². The average Bonchev–Trinajstić information content (AvgIpc) is 2.41. The molecule has 2 aromatic rings. The molecule has 0 unspecified atom stereocenters. The van der Waals surface area contributed by atoms with E-state index in [1.54, 1.807) is 24.3 Å². The number of non-ortho nitro benzene ring substituents is 1. The van der Waals surface area contributed by atoms with E-state index in [0.717, 1.165) is 0 Å². The van der Waals surface area contributed by atoms with Crippen molar-refractivity contribution in [3.63, 3.8) is 0 Å². The third-order valence-corrected chi connectivity index (χ3v) is 2.51. The fraction of sp³-hybridized carbons (Fsp3) is 0. The van der Waals surface area contributed by atoms with Crippen LogP contribution in [0.2, 0.25) is 10.0 Å². The van der Waals surface area contributed by atoms with Crippen LogP contribution in [0.4, 0.5) is 11.4 Å². The van der Waals surface area contributed by atoms with Gasteiger partial charge in [-0.25, -0.2) is 0 Å². The molecule has 0 aliphatic rings. The van der Waals surface area contributed by atoms with Gasteiger partial charge in [0, 0.05) is 22.2 Å². The second-order valence-electron chi connectivity index (χ2n) is 3.35. The molecule has 7 heteroatoms. The summed E-state index contributed by atoms with van der Waals surface area (Å²) in [4.78, 5) is 9.61. The number of rotatable bonds is 2. The number of nitro groups is 1. The van der Waals surface area contributed by atoms with Crippen molar-refractivity contribution in [3.05, 3.63) is 68.7 Å². The number of hydrogen-bond acceptors (Lipinski definition) is 4. The fourth-order valence-corrected chi connectivity index (χ4v) is 1.34. The normalized spacial score (nSPS) is 9.21. The monoisotopic (exact) mass is 300 g/mol. The summed E-state index contributed by atoms with van der Waals surface area (Å²) >= 11 is 11.1. The van der Waals surface area contributed by atoms with Crippen molar-refractivity contribution in [1.29, 1.82) is 0 Å². The van der Waals surface area contributed by atoms with Crippen molar-refractivity contribution < 1.29 is 10.1 Å². The first-order chi connectivity index (χ1) is 9.02. The molecule has 5 nitrogen and oxygen atoms in total. The van der Waals surface area contributed by atoms with Crippen molar-refractivity contribution in [2.45, 2.75) is 0 Å². The minimum absolute atomic E-state index is 0.0596. The zero-order valence-corrected chi connectivity index (χ0v) is 11.1. The van der Waals surface area contributed by atoms with Crippen molar-refractivity contribution >= 4 is 34.6 Å². The lowest BCUT2D eigenvalue weighted by Gasteiger charge is -1.95. The standard InChI is InChI=1S/C6H4ClNO2.C6H6ClNO/c7-5-1-3-6(4-2-5)8(9)10;7-5-1-3-6(8-9)4-2-5/h1-4H;1-4,8-9H. The van der Waals surface area contributed by atoms with Crippen LogP contribution in [0.3, 0.4) is 0 Å². The summed E-state index contributed by atoms with van der Waals surface area (Å²) in [6.07, 6.45) is 0. The predicted octanol–water partition coefficient (Wildman–Crippen LogP) is 4.39. The summed E-state index contributed by atoms with van der Waals surface area (Å²) in [6.45, 7) is 0. The van der Waals surface area contributed by atoms with Gasteiger partial charge in [-0.1, -0.05) is 23.2 Å². The van der Waals surface area contributed by atoms with Crippen molar-refractivity contribution in [2.75, 3.05) is 5.48 Å². The smallest absolute Gasteiger partial charge is 0.269 e. The van der Waals surface area contributed by atoms with Crippen LogP contribution in [0.1, 0.15) is 0 Å². The number of halogens is 2. The highest BCUT2D eigenvalue weighted by Gasteiger charge is 2.01. The molecule has 0 aliphatic heterocycles. The first kappa shape index (κ1) is 15.2. The van der Waals surface area contributed by atoms with Crippen LogP contribution in [0.5, 0.6) is 0 Å². The highest BCUT2D eigenvalue weighted by atomic mass is 35.5. The summed E-state index contributed by atoms with van der Waals surface area (Å²) in [5, 5.41) is 19.6. The maximum absolute atomic E-state index is 10.1. The molecule has 2 aromatic carbocycles. The predicted molar refractivity (Wildman–Crippen MR) is 75.0 cm³/mol. The molecule has 0 spiro atoms. The lowest BCUT2D eigenvalue weighted by Crippen LogP contribution is -1.86. The lowest BCUT2D eigenvalue weighted by atomic mass is 10.3. The van der Waals surface area contributed by atoms with Gasteiger partial charge >= 0.3 is 0 Å². The Bertz CT molecular complexity index is 530. The van der Waals surface area contributed by atoms with E-state index in [9.17, 15) is 10.1 Å². The fourth-order valence-electron chi connectivity index (χ4n) is 1.09. The van der Waals surface area contributed by atoms with Crippen molar-refractivity contribution in [1.82, 2.24) is 0 Å². The SMILES string of the molecule is O=[N+]([O-])c1ccc(Cl)cc1.ONc1ccc(Cl)cc1. The van der Waals surface area contributed by atoms with Crippen molar-refractivity contribution in [2.24, 2.45) is 0 Å². The van der Waals surface area contributed by atoms with Crippen LogP contribution >= 0.6 is 23.2 Å². The van der Waals surface area contributed by atoms with Crippen LogP contribution in [-0.4, -0.2) is 10.1 Å². The van der Waals surface area contributed by atoms with E-state index in [-0.39, 0.29) is 5.69 Å². The first-order valence-electron chi connectivity index (χ1n) is 5.08. The Morgan fingerprint density at radius 3 is 1.74 bits per heavy atom. The van der Waals surface area contributed by atoms with E-state index in [4.69, 9.17) is 28.4 Å². The van der Waals surface area contributed by atoms with E-state index in [1.807, 2.05) is 5.48 Å². The lowest BCUT2D eigenvalue weighted by molar-refractivity contribution is -0.384. The number of nitrogens with zero attached hydrogens (tertiary/aromatic N) is 1. The first-order valence-corrected chi connectivity index (χ1v) is 5.84. The second-order valence-corrected chi connectivity index (χ2v) is 4.23. The highest BCUT2D eigenvalue weighted by Crippen LogP contribution is 2.14. The minimum atomic E-state index is -0.462. The van der Waals surface area contributed by atoms with E-state index in [0.29, 0.717) is 15.7 Å². The third-order valence-electron chi connectivity index (χ3n) is 2.01. The Kier molecular flexibility index (Phi) is 6.08. The number of benzene rings is 2. The third kappa shape index (κ3) is 5.56. The largest absolute Gasteiger partial charge is 0.291 e. The van der Waals surface area contributed by atoms with Gasteiger partial charge in [-0.15, -0.1) is 0 Å². The van der Waals surface area contributed by atoms with E-state index in [2.05, 4.69) is 0 Å². The molecule has 0 bridgehead atoms. The van der Waals surface area contributed by atoms with Gasteiger partial charge in [0.1, 0.15) is 0 Å². The molecule has 19 heavy (non-hydrogen) atoms. The number of nitrogens with one attached hydrogen (secondary N) is 1. The van der Waals surface area contributed by atoms with Gasteiger partial charge < -0.3 is 0 Å². The highest BCUT2D eigenvalue weighted by molar-refractivity contribution is 6.30. The molecule has 0 aliphatic carbocycles. The van der Waals surface area contributed by atoms with Gasteiger partial charge in [0.25, 0.3) is 5.69 Å². The summed E-state index contributed by atoms with van der Waals surface area (Å²) in [7, 11) is 0. The molecule has 0 saturated heterocycles. The molecule has 2 rings (SSSR count). The number of hydrogen-bond donors (Lipinski definition) is 2. The molecule has 2 N–H and O–H groups in total. The Hall–Kier alpha value is -1.82. The summed E-state index contributed by atoms with van der Waals surface area (Å²) in [6, 6.07) is 12.5. The van der Waals surface area contributed by atoms with Crippen LogP contribution < -0.4 is 5.48 Å². The Labute approximate surface area is 119 Å². The van der Waals surface area contributed by atoms with E-state index >= 15 is 0 Å². The summed E-state index contributed by atoms with van der Waals surface area (Å²) < 4.78 is 0. The van der Waals surface area contributed by atoms with Gasteiger partial charge in [0.05, 0.1) is 10.6 Å². The van der Waals surface area contributed by atoms with E-state index < -0.39 is 4.92 Å². The Balaban J connectivity index is 0.000000191. The van der Waals surface area contributed by atoms with Gasteiger partial charge in [-0.2, -0.15) is 0 Å². The molecule has 0 amide bonds. The van der Waals surface area contributed by atoms with Crippen molar-refractivity contribution in [3.8, 4) is 0 Å². The van der Waals surface area contributed by atoms with Gasteiger partial charge in [-0.05, 0) is 36.4 Å². The molecule has 0 saturated carbocycles. The quantitative estimate of drug-likeness (QED) is 0.637. The zero-order chi connectivity index (χ0) is 14.3. The Morgan fingerprint density at radius 2 is 1.37 bits per heavy atom.